The van der Waals surface area contributed by atoms with Crippen molar-refractivity contribution in [3.63, 3.8) is 0 Å². The SMILES string of the molecule is N#Cc1nc2c3ccc4ccccc4c3c3nccnc3c2nc1C#N. The van der Waals surface area contributed by atoms with Crippen molar-refractivity contribution >= 4 is 43.6 Å². The molecular formula is C20H8N6. The molecule has 5 rings (SSSR count). The molecule has 5 aromatic rings. The van der Waals surface area contributed by atoms with E-state index in [4.69, 9.17) is 0 Å². The predicted octanol–water partition coefficient (Wildman–Crippen LogP) is 3.62. The number of nitrogens with zero attached hydrogens (tertiary/aromatic N) is 6. The Labute approximate surface area is 147 Å². The van der Waals surface area contributed by atoms with Gasteiger partial charge in [0, 0.05) is 23.2 Å². The van der Waals surface area contributed by atoms with Crippen molar-refractivity contribution in [1.29, 1.82) is 10.5 Å². The first-order valence-corrected chi connectivity index (χ1v) is 7.88. The summed E-state index contributed by atoms with van der Waals surface area (Å²) in [4.78, 5) is 17.8. The van der Waals surface area contributed by atoms with E-state index in [9.17, 15) is 10.5 Å². The van der Waals surface area contributed by atoms with E-state index in [0.717, 1.165) is 21.5 Å². The molecule has 0 saturated carbocycles. The monoisotopic (exact) mass is 332 g/mol. The average Bonchev–Trinajstić information content (AvgIpc) is 2.72. The first-order valence-electron chi connectivity index (χ1n) is 7.88. The molecule has 0 N–H and O–H groups in total. The minimum Gasteiger partial charge on any atom is -0.252 e. The van der Waals surface area contributed by atoms with Crippen LogP contribution in [0.2, 0.25) is 0 Å². The van der Waals surface area contributed by atoms with Gasteiger partial charge in [0.05, 0.1) is 5.52 Å². The number of fused-ring (bicyclic) bond motifs is 8. The second-order valence-corrected chi connectivity index (χ2v) is 5.80. The molecule has 0 bridgehead atoms. The summed E-state index contributed by atoms with van der Waals surface area (Å²) >= 11 is 0. The van der Waals surface area contributed by atoms with Gasteiger partial charge in [-0.3, -0.25) is 9.97 Å². The molecule has 0 aliphatic heterocycles. The van der Waals surface area contributed by atoms with Gasteiger partial charge in [-0.05, 0) is 10.8 Å². The highest BCUT2D eigenvalue weighted by Crippen LogP contribution is 2.35. The van der Waals surface area contributed by atoms with E-state index in [1.54, 1.807) is 12.4 Å². The number of nitriles is 2. The van der Waals surface area contributed by atoms with E-state index < -0.39 is 0 Å². The van der Waals surface area contributed by atoms with Gasteiger partial charge in [-0.2, -0.15) is 10.5 Å². The highest BCUT2D eigenvalue weighted by atomic mass is 14.9. The molecule has 118 valence electrons. The van der Waals surface area contributed by atoms with Crippen LogP contribution < -0.4 is 0 Å². The molecule has 0 aliphatic rings. The maximum absolute atomic E-state index is 9.33. The lowest BCUT2D eigenvalue weighted by Crippen LogP contribution is -1.99. The number of aromatic nitrogens is 4. The second-order valence-electron chi connectivity index (χ2n) is 5.80. The molecular weight excluding hydrogens is 324 g/mol. The third kappa shape index (κ3) is 1.78. The molecule has 0 radical (unpaired) electrons. The zero-order valence-corrected chi connectivity index (χ0v) is 13.3. The molecule has 2 aromatic heterocycles. The number of benzene rings is 3. The van der Waals surface area contributed by atoms with E-state index in [-0.39, 0.29) is 11.4 Å². The van der Waals surface area contributed by atoms with Gasteiger partial charge in [0.15, 0.2) is 11.4 Å². The zero-order chi connectivity index (χ0) is 17.7. The van der Waals surface area contributed by atoms with Crippen molar-refractivity contribution < 1.29 is 0 Å². The molecule has 2 heterocycles. The first kappa shape index (κ1) is 14.2. The van der Waals surface area contributed by atoms with Crippen LogP contribution in [0.3, 0.4) is 0 Å². The van der Waals surface area contributed by atoms with Gasteiger partial charge in [-0.1, -0.05) is 36.4 Å². The van der Waals surface area contributed by atoms with Crippen molar-refractivity contribution in [2.24, 2.45) is 0 Å². The van der Waals surface area contributed by atoms with Crippen molar-refractivity contribution in [3.8, 4) is 12.1 Å². The maximum atomic E-state index is 9.33. The maximum Gasteiger partial charge on any atom is 0.177 e. The van der Waals surface area contributed by atoms with E-state index >= 15 is 0 Å². The number of rotatable bonds is 0. The van der Waals surface area contributed by atoms with Crippen LogP contribution in [0.1, 0.15) is 11.4 Å². The molecule has 6 heteroatoms. The third-order valence-corrected chi connectivity index (χ3v) is 4.45. The zero-order valence-electron chi connectivity index (χ0n) is 13.3. The van der Waals surface area contributed by atoms with Crippen LogP contribution in [0.5, 0.6) is 0 Å². The Balaban J connectivity index is 2.18. The van der Waals surface area contributed by atoms with Gasteiger partial charge in [0.2, 0.25) is 0 Å². The molecule has 0 fully saturated rings. The van der Waals surface area contributed by atoms with Crippen molar-refractivity contribution in [3.05, 3.63) is 60.2 Å². The molecule has 0 unspecified atom stereocenters. The Morgan fingerprint density at radius 3 is 2.12 bits per heavy atom. The molecule has 26 heavy (non-hydrogen) atoms. The standard InChI is InChI=1S/C20H8N6/c21-9-14-15(10-22)26-20-17(25-14)13-6-5-11-3-1-2-4-12(11)16(13)18-19(20)24-8-7-23-18/h1-8H. The minimum absolute atomic E-state index is 0.00732. The summed E-state index contributed by atoms with van der Waals surface area (Å²) in [6.07, 6.45) is 3.22. The fraction of sp³-hybridized carbons (Fsp3) is 0. The predicted molar refractivity (Wildman–Crippen MR) is 97.1 cm³/mol. The summed E-state index contributed by atoms with van der Waals surface area (Å²) < 4.78 is 0. The van der Waals surface area contributed by atoms with Crippen LogP contribution in [0.4, 0.5) is 0 Å². The van der Waals surface area contributed by atoms with Crippen LogP contribution in [-0.2, 0) is 0 Å². The normalized spacial score (nSPS) is 11.0. The van der Waals surface area contributed by atoms with Crippen molar-refractivity contribution in [2.45, 2.75) is 0 Å². The third-order valence-electron chi connectivity index (χ3n) is 4.45. The average molecular weight is 332 g/mol. The lowest BCUT2D eigenvalue weighted by molar-refractivity contribution is 1.20. The van der Waals surface area contributed by atoms with Gasteiger partial charge in [-0.15, -0.1) is 0 Å². The van der Waals surface area contributed by atoms with E-state index in [1.165, 1.54) is 0 Å². The summed E-state index contributed by atoms with van der Waals surface area (Å²) in [5.41, 5.74) is 2.31. The quantitative estimate of drug-likeness (QED) is 0.402. The van der Waals surface area contributed by atoms with E-state index in [0.29, 0.717) is 22.1 Å². The minimum atomic E-state index is -0.00732. The van der Waals surface area contributed by atoms with Crippen LogP contribution in [0.15, 0.2) is 48.8 Å². The Hall–Kier alpha value is -4.16. The second kappa shape index (κ2) is 5.17. The molecule has 0 spiro atoms. The van der Waals surface area contributed by atoms with Gasteiger partial charge in [0.1, 0.15) is 28.7 Å². The summed E-state index contributed by atoms with van der Waals surface area (Å²) in [6, 6.07) is 15.9. The lowest BCUT2D eigenvalue weighted by atomic mass is 9.99. The molecule has 0 aliphatic carbocycles. The van der Waals surface area contributed by atoms with Gasteiger partial charge >= 0.3 is 0 Å². The summed E-state index contributed by atoms with van der Waals surface area (Å²) in [5, 5.41) is 22.5. The molecule has 0 amide bonds. The Morgan fingerprint density at radius 1 is 0.654 bits per heavy atom. The van der Waals surface area contributed by atoms with Crippen molar-refractivity contribution in [2.75, 3.05) is 0 Å². The van der Waals surface area contributed by atoms with Crippen LogP contribution in [0, 0.1) is 22.7 Å². The Bertz CT molecular complexity index is 1460. The first-order chi connectivity index (χ1) is 12.8. The fourth-order valence-corrected chi connectivity index (χ4v) is 3.36. The summed E-state index contributed by atoms with van der Waals surface area (Å²) in [6.45, 7) is 0. The summed E-state index contributed by atoms with van der Waals surface area (Å²) in [7, 11) is 0. The molecule has 0 saturated heterocycles. The highest BCUT2D eigenvalue weighted by Gasteiger charge is 2.17. The van der Waals surface area contributed by atoms with Crippen molar-refractivity contribution in [1.82, 2.24) is 19.9 Å². The van der Waals surface area contributed by atoms with E-state index in [2.05, 4.69) is 19.9 Å². The van der Waals surface area contributed by atoms with Crippen LogP contribution in [0.25, 0.3) is 43.6 Å². The topological polar surface area (TPSA) is 99.1 Å². The largest absolute Gasteiger partial charge is 0.252 e. The van der Waals surface area contributed by atoms with Gasteiger partial charge in [-0.25, -0.2) is 9.97 Å². The van der Waals surface area contributed by atoms with Crippen LogP contribution in [-0.4, -0.2) is 19.9 Å². The summed E-state index contributed by atoms with van der Waals surface area (Å²) in [5.74, 6) is 0. The van der Waals surface area contributed by atoms with Crippen LogP contribution >= 0.6 is 0 Å². The van der Waals surface area contributed by atoms with Gasteiger partial charge < -0.3 is 0 Å². The molecule has 6 nitrogen and oxygen atoms in total. The number of hydrogen-bond donors (Lipinski definition) is 0. The lowest BCUT2D eigenvalue weighted by Gasteiger charge is -2.10. The fourth-order valence-electron chi connectivity index (χ4n) is 3.36. The highest BCUT2D eigenvalue weighted by molar-refractivity contribution is 6.27. The Morgan fingerprint density at radius 2 is 1.35 bits per heavy atom. The number of hydrogen-bond acceptors (Lipinski definition) is 6. The Kier molecular flexibility index (Phi) is 2.82. The smallest absolute Gasteiger partial charge is 0.177 e. The molecule has 0 atom stereocenters. The molecule has 3 aromatic carbocycles. The van der Waals surface area contributed by atoms with E-state index in [1.807, 2.05) is 48.5 Å². The van der Waals surface area contributed by atoms with Gasteiger partial charge in [0.25, 0.3) is 0 Å².